The first-order valence-electron chi connectivity index (χ1n) is 8.06. The highest BCUT2D eigenvalue weighted by molar-refractivity contribution is 6.30. The molecule has 1 aliphatic heterocycles. The third-order valence-electron chi connectivity index (χ3n) is 4.64. The summed E-state index contributed by atoms with van der Waals surface area (Å²) in [5.74, 6) is -0.329. The number of carbonyl (C=O) groups is 1. The molecule has 2 aromatic rings. The van der Waals surface area contributed by atoms with Crippen LogP contribution in [0.15, 0.2) is 66.4 Å². The third kappa shape index (κ3) is 3.20. The number of nitrogens with zero attached hydrogens (tertiary/aromatic N) is 1. The van der Waals surface area contributed by atoms with Crippen molar-refractivity contribution in [3.63, 3.8) is 0 Å². The Kier molecular flexibility index (Phi) is 4.44. The van der Waals surface area contributed by atoms with E-state index < -0.39 is 0 Å². The Labute approximate surface area is 152 Å². The van der Waals surface area contributed by atoms with Crippen LogP contribution in [0.5, 0.6) is 0 Å². The first-order chi connectivity index (χ1) is 11.8. The molecule has 0 aliphatic carbocycles. The molecule has 3 rings (SSSR count). The maximum absolute atomic E-state index is 12.5. The van der Waals surface area contributed by atoms with E-state index in [1.165, 1.54) is 11.6 Å². The first-order valence-corrected chi connectivity index (χ1v) is 8.44. The van der Waals surface area contributed by atoms with Gasteiger partial charge in [-0.3, -0.25) is 4.79 Å². The van der Waals surface area contributed by atoms with E-state index in [0.717, 1.165) is 11.4 Å². The van der Waals surface area contributed by atoms with E-state index >= 15 is 0 Å². The number of carbonyl (C=O) groups excluding carboxylic acids is 1. The minimum absolute atomic E-state index is 0.0745. The van der Waals surface area contributed by atoms with Crippen LogP contribution >= 0.6 is 11.6 Å². The number of allylic oxidation sites excluding steroid dienone is 3. The lowest BCUT2D eigenvalue weighted by molar-refractivity contribution is -0.110. The molecular formula is C21H20ClNO2. The van der Waals surface area contributed by atoms with E-state index in [4.69, 9.17) is 11.6 Å². The van der Waals surface area contributed by atoms with Gasteiger partial charge in [-0.25, -0.2) is 0 Å². The largest absolute Gasteiger partial charge is 0.507 e. The van der Waals surface area contributed by atoms with E-state index in [-0.39, 0.29) is 17.0 Å². The number of anilines is 1. The molecule has 0 unspecified atom stereocenters. The molecule has 0 saturated heterocycles. The monoisotopic (exact) mass is 353 g/mol. The Morgan fingerprint density at radius 1 is 1.12 bits per heavy atom. The van der Waals surface area contributed by atoms with Gasteiger partial charge in [0.25, 0.3) is 0 Å². The molecule has 3 nitrogen and oxygen atoms in total. The Balaban J connectivity index is 1.91. The maximum atomic E-state index is 12.5. The Bertz CT molecular complexity index is 879. The Hall–Kier alpha value is -2.52. The summed E-state index contributed by atoms with van der Waals surface area (Å²) in [6.45, 7) is 4.19. The number of aliphatic hydroxyl groups is 1. The molecule has 25 heavy (non-hydrogen) atoms. The SMILES string of the molecule is CN1/C(=C/C(=O)/C=C(\O)c2ccc(Cl)cc2)C(C)(C)c2ccccc21. The van der Waals surface area contributed by atoms with Crippen molar-refractivity contribution in [3.05, 3.63) is 82.5 Å². The molecule has 0 bridgehead atoms. The fourth-order valence-electron chi connectivity index (χ4n) is 3.27. The predicted molar refractivity (Wildman–Crippen MR) is 103 cm³/mol. The normalized spacial score (nSPS) is 17.7. The first kappa shape index (κ1) is 17.3. The molecule has 0 amide bonds. The zero-order chi connectivity index (χ0) is 18.2. The van der Waals surface area contributed by atoms with Gasteiger partial charge in [0, 0.05) is 46.6 Å². The van der Waals surface area contributed by atoms with Gasteiger partial charge in [-0.1, -0.05) is 43.6 Å². The van der Waals surface area contributed by atoms with E-state index in [0.29, 0.717) is 10.6 Å². The third-order valence-corrected chi connectivity index (χ3v) is 4.89. The van der Waals surface area contributed by atoms with Crippen molar-refractivity contribution in [2.45, 2.75) is 19.3 Å². The van der Waals surface area contributed by atoms with Gasteiger partial charge in [-0.05, 0) is 35.9 Å². The number of likely N-dealkylation sites (N-methyl/N-ethyl adjacent to an activating group) is 1. The van der Waals surface area contributed by atoms with E-state index in [1.54, 1.807) is 30.3 Å². The second kappa shape index (κ2) is 6.41. The van der Waals surface area contributed by atoms with Gasteiger partial charge in [-0.15, -0.1) is 0 Å². The van der Waals surface area contributed by atoms with E-state index in [2.05, 4.69) is 19.9 Å². The molecule has 0 radical (unpaired) electrons. The van der Waals surface area contributed by atoms with Gasteiger partial charge < -0.3 is 10.0 Å². The summed E-state index contributed by atoms with van der Waals surface area (Å²) in [7, 11) is 1.95. The second-order valence-corrected chi connectivity index (χ2v) is 7.11. The van der Waals surface area contributed by atoms with Crippen LogP contribution in [0.4, 0.5) is 5.69 Å². The van der Waals surface area contributed by atoms with Crippen LogP contribution in [0.1, 0.15) is 25.0 Å². The summed E-state index contributed by atoms with van der Waals surface area (Å²) in [6.07, 6.45) is 2.83. The summed E-state index contributed by atoms with van der Waals surface area (Å²) >= 11 is 5.84. The molecule has 4 heteroatoms. The van der Waals surface area contributed by atoms with E-state index in [9.17, 15) is 9.90 Å². The summed E-state index contributed by atoms with van der Waals surface area (Å²) < 4.78 is 0. The van der Waals surface area contributed by atoms with Crippen LogP contribution in [-0.2, 0) is 10.2 Å². The van der Waals surface area contributed by atoms with Crippen LogP contribution in [0, 0.1) is 0 Å². The fraction of sp³-hybridized carbons (Fsp3) is 0.190. The fourth-order valence-corrected chi connectivity index (χ4v) is 3.40. The highest BCUT2D eigenvalue weighted by Crippen LogP contribution is 2.46. The zero-order valence-corrected chi connectivity index (χ0v) is 15.2. The second-order valence-electron chi connectivity index (χ2n) is 6.67. The van der Waals surface area contributed by atoms with Gasteiger partial charge in [0.1, 0.15) is 5.76 Å². The number of halogens is 1. The molecule has 0 fully saturated rings. The highest BCUT2D eigenvalue weighted by Gasteiger charge is 2.38. The molecule has 1 N–H and O–H groups in total. The lowest BCUT2D eigenvalue weighted by Crippen LogP contribution is -2.23. The summed E-state index contributed by atoms with van der Waals surface area (Å²) in [6, 6.07) is 14.8. The molecule has 128 valence electrons. The number of benzene rings is 2. The van der Waals surface area contributed by atoms with E-state index in [1.807, 2.05) is 30.1 Å². The van der Waals surface area contributed by atoms with Crippen molar-refractivity contribution in [3.8, 4) is 0 Å². The molecule has 0 aromatic heterocycles. The lowest BCUT2D eigenvalue weighted by atomic mass is 9.83. The molecular weight excluding hydrogens is 334 g/mol. The maximum Gasteiger partial charge on any atom is 0.184 e. The van der Waals surface area contributed by atoms with Crippen molar-refractivity contribution >= 4 is 28.8 Å². The minimum atomic E-state index is -0.273. The molecule has 1 heterocycles. The van der Waals surface area contributed by atoms with Crippen LogP contribution in [0.25, 0.3) is 5.76 Å². The zero-order valence-electron chi connectivity index (χ0n) is 14.5. The molecule has 1 aliphatic rings. The molecule has 2 aromatic carbocycles. The van der Waals surface area contributed by atoms with Crippen molar-refractivity contribution in [1.29, 1.82) is 0 Å². The summed E-state index contributed by atoms with van der Waals surface area (Å²) in [5.41, 5.74) is 3.46. The van der Waals surface area contributed by atoms with Crippen LogP contribution in [-0.4, -0.2) is 17.9 Å². The quantitative estimate of drug-likeness (QED) is 0.615. The van der Waals surface area contributed by atoms with Crippen LogP contribution in [0.3, 0.4) is 0 Å². The highest BCUT2D eigenvalue weighted by atomic mass is 35.5. The van der Waals surface area contributed by atoms with Gasteiger partial charge >= 0.3 is 0 Å². The smallest absolute Gasteiger partial charge is 0.184 e. The predicted octanol–water partition coefficient (Wildman–Crippen LogP) is 5.12. The Morgan fingerprint density at radius 2 is 1.76 bits per heavy atom. The topological polar surface area (TPSA) is 40.5 Å². The number of aliphatic hydroxyl groups excluding tert-OH is 1. The minimum Gasteiger partial charge on any atom is -0.507 e. The number of ketones is 1. The standard InChI is InChI=1S/C21H20ClNO2/c1-21(2)17-6-4-5-7-18(17)23(3)20(21)13-16(24)12-19(25)14-8-10-15(22)11-9-14/h4-13,25H,1-3H3/b19-12-,20-13+. The number of fused-ring (bicyclic) bond motifs is 1. The Morgan fingerprint density at radius 3 is 2.40 bits per heavy atom. The van der Waals surface area contributed by atoms with Crippen LogP contribution in [0.2, 0.25) is 5.02 Å². The molecule has 0 atom stereocenters. The van der Waals surface area contributed by atoms with Gasteiger partial charge in [-0.2, -0.15) is 0 Å². The molecule has 0 spiro atoms. The van der Waals surface area contributed by atoms with Gasteiger partial charge in [0.2, 0.25) is 0 Å². The number of para-hydroxylation sites is 1. The number of rotatable bonds is 3. The molecule has 0 saturated carbocycles. The average Bonchev–Trinajstić information content (AvgIpc) is 2.77. The van der Waals surface area contributed by atoms with Crippen molar-refractivity contribution in [2.75, 3.05) is 11.9 Å². The number of hydrogen-bond donors (Lipinski definition) is 1. The van der Waals surface area contributed by atoms with Crippen molar-refractivity contribution in [2.24, 2.45) is 0 Å². The van der Waals surface area contributed by atoms with Gasteiger partial charge in [0.05, 0.1) is 0 Å². The lowest BCUT2D eigenvalue weighted by Gasteiger charge is -2.23. The van der Waals surface area contributed by atoms with Crippen molar-refractivity contribution in [1.82, 2.24) is 0 Å². The number of hydrogen-bond acceptors (Lipinski definition) is 3. The summed E-state index contributed by atoms with van der Waals surface area (Å²) in [4.78, 5) is 14.5. The van der Waals surface area contributed by atoms with Crippen LogP contribution < -0.4 is 4.90 Å². The summed E-state index contributed by atoms with van der Waals surface area (Å²) in [5, 5.41) is 10.8. The van der Waals surface area contributed by atoms with Crippen molar-refractivity contribution < 1.29 is 9.90 Å². The average molecular weight is 354 g/mol. The van der Waals surface area contributed by atoms with Gasteiger partial charge in [0.15, 0.2) is 5.78 Å².